The molecule has 0 saturated heterocycles. The maximum atomic E-state index is 11.8. The summed E-state index contributed by atoms with van der Waals surface area (Å²) in [6.45, 7) is 2.33. The number of nitrogen functional groups attached to an aromatic ring is 1. The molecule has 110 valence electrons. The van der Waals surface area contributed by atoms with Gasteiger partial charge in [0.25, 0.3) is 0 Å². The summed E-state index contributed by atoms with van der Waals surface area (Å²) in [5.74, 6) is 0.590. The number of carbonyl (C=O) groups is 1. The van der Waals surface area contributed by atoms with Gasteiger partial charge < -0.3 is 15.8 Å². The first-order valence-electron chi connectivity index (χ1n) is 7.01. The molecular formula is C15H21ClN2O2. The Morgan fingerprint density at radius 1 is 1.40 bits per heavy atom. The highest BCUT2D eigenvalue weighted by molar-refractivity contribution is 6.34. The molecule has 0 atom stereocenters. The van der Waals surface area contributed by atoms with Crippen molar-refractivity contribution in [3.05, 3.63) is 23.2 Å². The van der Waals surface area contributed by atoms with Gasteiger partial charge in [-0.05, 0) is 49.8 Å². The van der Waals surface area contributed by atoms with E-state index in [1.165, 1.54) is 12.8 Å². The number of anilines is 2. The fraction of sp³-hybridized carbons (Fsp3) is 0.533. The number of hydrogen-bond donors (Lipinski definition) is 2. The Kier molecular flexibility index (Phi) is 5.26. The van der Waals surface area contributed by atoms with Crippen LogP contribution in [-0.2, 0) is 9.53 Å². The van der Waals surface area contributed by atoms with Gasteiger partial charge in [-0.3, -0.25) is 4.79 Å². The van der Waals surface area contributed by atoms with Crippen LogP contribution in [0.25, 0.3) is 0 Å². The highest BCUT2D eigenvalue weighted by atomic mass is 35.5. The van der Waals surface area contributed by atoms with Crippen LogP contribution in [0.5, 0.6) is 0 Å². The predicted molar refractivity (Wildman–Crippen MR) is 81.9 cm³/mol. The lowest BCUT2D eigenvalue weighted by molar-refractivity contribution is -0.123. The molecule has 0 bridgehead atoms. The van der Waals surface area contributed by atoms with Crippen LogP contribution in [0.15, 0.2) is 18.2 Å². The second-order valence-electron chi connectivity index (χ2n) is 5.48. The first kappa shape index (κ1) is 15.1. The Labute approximate surface area is 124 Å². The number of ether oxygens (including phenoxy) is 1. The van der Waals surface area contributed by atoms with Crippen molar-refractivity contribution in [3.8, 4) is 0 Å². The summed E-state index contributed by atoms with van der Waals surface area (Å²) in [4.78, 5) is 11.8. The van der Waals surface area contributed by atoms with Crippen LogP contribution in [0, 0.1) is 5.92 Å². The van der Waals surface area contributed by atoms with Crippen LogP contribution < -0.4 is 11.1 Å². The molecule has 4 nitrogen and oxygen atoms in total. The third-order valence-electron chi connectivity index (χ3n) is 3.68. The van der Waals surface area contributed by atoms with Gasteiger partial charge in [0.1, 0.15) is 6.61 Å². The predicted octanol–water partition coefficient (Wildman–Crippen LogP) is 3.46. The van der Waals surface area contributed by atoms with Gasteiger partial charge >= 0.3 is 0 Å². The molecule has 2 rings (SSSR count). The van der Waals surface area contributed by atoms with Crippen LogP contribution in [0.4, 0.5) is 11.4 Å². The fourth-order valence-electron chi connectivity index (χ4n) is 2.41. The molecule has 1 amide bonds. The second kappa shape index (κ2) is 6.95. The number of rotatable bonds is 4. The van der Waals surface area contributed by atoms with E-state index >= 15 is 0 Å². The fourth-order valence-corrected chi connectivity index (χ4v) is 2.64. The Morgan fingerprint density at radius 2 is 2.10 bits per heavy atom. The van der Waals surface area contributed by atoms with Crippen molar-refractivity contribution in [2.24, 2.45) is 5.92 Å². The number of benzene rings is 1. The second-order valence-corrected chi connectivity index (χ2v) is 5.89. The Hall–Kier alpha value is -1.26. The molecule has 0 radical (unpaired) electrons. The van der Waals surface area contributed by atoms with E-state index in [1.54, 1.807) is 18.2 Å². The van der Waals surface area contributed by atoms with Crippen LogP contribution in [0.3, 0.4) is 0 Å². The van der Waals surface area contributed by atoms with Gasteiger partial charge in [-0.2, -0.15) is 0 Å². The van der Waals surface area contributed by atoms with E-state index in [-0.39, 0.29) is 18.6 Å². The van der Waals surface area contributed by atoms with E-state index < -0.39 is 0 Å². The van der Waals surface area contributed by atoms with Gasteiger partial charge in [0, 0.05) is 5.69 Å². The topological polar surface area (TPSA) is 64.3 Å². The minimum absolute atomic E-state index is 0.0692. The zero-order valence-corrected chi connectivity index (χ0v) is 12.5. The van der Waals surface area contributed by atoms with Crippen molar-refractivity contribution in [2.75, 3.05) is 17.7 Å². The van der Waals surface area contributed by atoms with Gasteiger partial charge in [0.15, 0.2) is 0 Å². The molecule has 0 unspecified atom stereocenters. The van der Waals surface area contributed by atoms with E-state index in [9.17, 15) is 4.79 Å². The number of nitrogens with two attached hydrogens (primary N) is 1. The highest BCUT2D eigenvalue weighted by Crippen LogP contribution is 2.26. The average molecular weight is 297 g/mol. The van der Waals surface area contributed by atoms with Gasteiger partial charge in [-0.1, -0.05) is 18.5 Å². The van der Waals surface area contributed by atoms with Crippen LogP contribution >= 0.6 is 11.6 Å². The lowest BCUT2D eigenvalue weighted by atomic mass is 9.89. The molecule has 0 spiro atoms. The minimum atomic E-state index is -0.185. The van der Waals surface area contributed by atoms with Crippen molar-refractivity contribution < 1.29 is 9.53 Å². The summed E-state index contributed by atoms with van der Waals surface area (Å²) in [5.41, 5.74) is 6.74. The van der Waals surface area contributed by atoms with E-state index in [0.717, 1.165) is 18.8 Å². The third kappa shape index (κ3) is 4.39. The number of carbonyl (C=O) groups excluding carboxylic acids is 1. The van der Waals surface area contributed by atoms with Crippen molar-refractivity contribution in [2.45, 2.75) is 38.7 Å². The molecule has 1 saturated carbocycles. The van der Waals surface area contributed by atoms with E-state index in [4.69, 9.17) is 22.1 Å². The first-order chi connectivity index (χ1) is 9.54. The van der Waals surface area contributed by atoms with E-state index in [2.05, 4.69) is 12.2 Å². The maximum absolute atomic E-state index is 11.8. The first-order valence-corrected chi connectivity index (χ1v) is 7.39. The molecular weight excluding hydrogens is 276 g/mol. The summed E-state index contributed by atoms with van der Waals surface area (Å²) in [6.07, 6.45) is 4.64. The average Bonchev–Trinajstić information content (AvgIpc) is 2.41. The van der Waals surface area contributed by atoms with Gasteiger partial charge in [0.2, 0.25) is 5.91 Å². The summed E-state index contributed by atoms with van der Waals surface area (Å²) in [5, 5.41) is 3.17. The van der Waals surface area contributed by atoms with E-state index in [1.807, 2.05) is 0 Å². The lowest BCUT2D eigenvalue weighted by Gasteiger charge is -2.26. The molecule has 1 fully saturated rings. The Balaban J connectivity index is 1.78. The zero-order chi connectivity index (χ0) is 14.5. The van der Waals surface area contributed by atoms with Crippen LogP contribution in [-0.4, -0.2) is 18.6 Å². The lowest BCUT2D eigenvalue weighted by Crippen LogP contribution is -2.26. The highest BCUT2D eigenvalue weighted by Gasteiger charge is 2.19. The largest absolute Gasteiger partial charge is 0.399 e. The molecule has 0 heterocycles. The van der Waals surface area contributed by atoms with Crippen LogP contribution in [0.1, 0.15) is 32.6 Å². The molecule has 1 aromatic rings. The van der Waals surface area contributed by atoms with Gasteiger partial charge in [0.05, 0.1) is 16.8 Å². The minimum Gasteiger partial charge on any atom is -0.399 e. The third-order valence-corrected chi connectivity index (χ3v) is 3.99. The number of hydrogen-bond acceptors (Lipinski definition) is 3. The standard InChI is InChI=1S/C15H21ClN2O2/c1-10-2-5-12(6-3-10)20-9-15(19)18-14-7-4-11(17)8-13(14)16/h4,7-8,10,12H,2-3,5-6,9,17H2,1H3,(H,18,19). The summed E-state index contributed by atoms with van der Waals surface area (Å²) in [7, 11) is 0. The van der Waals surface area contributed by atoms with Crippen molar-refractivity contribution in [3.63, 3.8) is 0 Å². The smallest absolute Gasteiger partial charge is 0.250 e. The SMILES string of the molecule is CC1CCC(OCC(=O)Nc2ccc(N)cc2Cl)CC1. The van der Waals surface area contributed by atoms with Crippen molar-refractivity contribution >= 4 is 28.9 Å². The number of halogens is 1. The summed E-state index contributed by atoms with van der Waals surface area (Å²) >= 11 is 6.00. The molecule has 3 N–H and O–H groups in total. The number of amides is 1. The Morgan fingerprint density at radius 3 is 2.75 bits per heavy atom. The van der Waals surface area contributed by atoms with Gasteiger partial charge in [-0.25, -0.2) is 0 Å². The maximum Gasteiger partial charge on any atom is 0.250 e. The molecule has 20 heavy (non-hydrogen) atoms. The summed E-state index contributed by atoms with van der Waals surface area (Å²) < 4.78 is 5.65. The molecule has 0 aromatic heterocycles. The van der Waals surface area contributed by atoms with Crippen molar-refractivity contribution in [1.82, 2.24) is 0 Å². The molecule has 1 aliphatic rings. The number of nitrogens with one attached hydrogen (secondary N) is 1. The molecule has 5 heteroatoms. The molecule has 0 aliphatic heterocycles. The zero-order valence-electron chi connectivity index (χ0n) is 11.7. The summed E-state index contributed by atoms with van der Waals surface area (Å²) in [6, 6.07) is 5.00. The molecule has 1 aromatic carbocycles. The van der Waals surface area contributed by atoms with E-state index in [0.29, 0.717) is 16.4 Å². The van der Waals surface area contributed by atoms with Crippen molar-refractivity contribution in [1.29, 1.82) is 0 Å². The Bertz CT molecular complexity index is 471. The van der Waals surface area contributed by atoms with Gasteiger partial charge in [-0.15, -0.1) is 0 Å². The monoisotopic (exact) mass is 296 g/mol. The molecule has 1 aliphatic carbocycles. The normalized spacial score (nSPS) is 22.5. The quantitative estimate of drug-likeness (QED) is 0.836. The van der Waals surface area contributed by atoms with Crippen LogP contribution in [0.2, 0.25) is 5.02 Å².